The van der Waals surface area contributed by atoms with E-state index in [2.05, 4.69) is 29.2 Å². The molecule has 2 rings (SSSR count). The molecule has 3 heteroatoms. The van der Waals surface area contributed by atoms with Crippen molar-refractivity contribution in [2.45, 2.75) is 32.6 Å². The minimum atomic E-state index is 0.438. The van der Waals surface area contributed by atoms with Gasteiger partial charge in [0.15, 0.2) is 0 Å². The quantitative estimate of drug-likeness (QED) is 0.579. The first kappa shape index (κ1) is 14.9. The highest BCUT2D eigenvalue weighted by Crippen LogP contribution is 2.23. The Balaban J connectivity index is 1.91. The molecule has 0 aliphatic rings. The van der Waals surface area contributed by atoms with Crippen molar-refractivity contribution in [1.82, 2.24) is 4.98 Å². The molecule has 2 aromatic rings. The van der Waals surface area contributed by atoms with Crippen LogP contribution < -0.4 is 4.74 Å². The summed E-state index contributed by atoms with van der Waals surface area (Å²) < 4.78 is 5.82. The van der Waals surface area contributed by atoms with E-state index >= 15 is 0 Å². The van der Waals surface area contributed by atoms with Gasteiger partial charge in [0.1, 0.15) is 0 Å². The van der Waals surface area contributed by atoms with Crippen LogP contribution in [0.25, 0.3) is 0 Å². The van der Waals surface area contributed by atoms with Crippen LogP contribution in [0.2, 0.25) is 0 Å². The van der Waals surface area contributed by atoms with Crippen molar-refractivity contribution < 1.29 is 4.74 Å². The van der Waals surface area contributed by atoms with Gasteiger partial charge in [-0.25, -0.2) is 4.98 Å². The van der Waals surface area contributed by atoms with Crippen LogP contribution in [0.1, 0.15) is 28.8 Å². The number of pyridine rings is 1. The molecule has 0 aliphatic carbocycles. The number of nitrogens with zero attached hydrogens (tertiary/aromatic N) is 1. The molecule has 1 aromatic carbocycles. The fourth-order valence-corrected chi connectivity index (χ4v) is 2.53. The normalized spacial score (nSPS) is 10.6. The van der Waals surface area contributed by atoms with Crippen molar-refractivity contribution in [1.29, 1.82) is 0 Å². The number of aromatic nitrogens is 1. The monoisotopic (exact) mass is 289 g/mol. The van der Waals surface area contributed by atoms with Gasteiger partial charge >= 0.3 is 0 Å². The summed E-state index contributed by atoms with van der Waals surface area (Å²) in [7, 11) is 0. The fourth-order valence-electron chi connectivity index (χ4n) is 2.20. The Morgan fingerprint density at radius 2 is 1.90 bits per heavy atom. The number of ether oxygens (including phenoxy) is 1. The smallest absolute Gasteiger partial charge is 0.218 e. The Kier molecular flexibility index (Phi) is 5.42. The van der Waals surface area contributed by atoms with E-state index in [1.165, 1.54) is 5.56 Å². The van der Waals surface area contributed by atoms with Crippen molar-refractivity contribution in [2.24, 2.45) is 0 Å². The SMILES string of the molecule is Cc1cc(C)c(CCl)c(OCCCc2ccccc2)n1. The van der Waals surface area contributed by atoms with E-state index in [9.17, 15) is 0 Å². The van der Waals surface area contributed by atoms with Crippen LogP contribution in [-0.2, 0) is 12.3 Å². The molecule has 0 saturated heterocycles. The zero-order valence-electron chi connectivity index (χ0n) is 12.0. The highest BCUT2D eigenvalue weighted by molar-refractivity contribution is 6.17. The maximum absolute atomic E-state index is 5.98. The summed E-state index contributed by atoms with van der Waals surface area (Å²) in [5, 5.41) is 0. The van der Waals surface area contributed by atoms with E-state index in [-0.39, 0.29) is 0 Å². The van der Waals surface area contributed by atoms with Crippen LogP contribution >= 0.6 is 11.6 Å². The molecule has 1 aromatic heterocycles. The first-order valence-electron chi connectivity index (χ1n) is 6.90. The summed E-state index contributed by atoms with van der Waals surface area (Å²) in [5.41, 5.74) is 4.44. The predicted octanol–water partition coefficient (Wildman–Crippen LogP) is 4.45. The number of hydrogen-bond acceptors (Lipinski definition) is 2. The van der Waals surface area contributed by atoms with Crippen molar-refractivity contribution in [3.63, 3.8) is 0 Å². The second kappa shape index (κ2) is 7.30. The molecule has 0 saturated carbocycles. The first-order chi connectivity index (χ1) is 9.70. The third-order valence-corrected chi connectivity index (χ3v) is 3.53. The lowest BCUT2D eigenvalue weighted by molar-refractivity contribution is 0.296. The first-order valence-corrected chi connectivity index (χ1v) is 7.44. The van der Waals surface area contributed by atoms with Crippen LogP contribution in [0.5, 0.6) is 5.88 Å². The Morgan fingerprint density at radius 3 is 2.60 bits per heavy atom. The topological polar surface area (TPSA) is 22.1 Å². The minimum Gasteiger partial charge on any atom is -0.477 e. The van der Waals surface area contributed by atoms with E-state index in [0.717, 1.165) is 29.7 Å². The largest absolute Gasteiger partial charge is 0.477 e. The number of benzene rings is 1. The Bertz CT molecular complexity index is 554. The van der Waals surface area contributed by atoms with E-state index in [4.69, 9.17) is 16.3 Å². The third-order valence-electron chi connectivity index (χ3n) is 3.26. The molecule has 0 atom stereocenters. The molecule has 0 N–H and O–H groups in total. The van der Waals surface area contributed by atoms with Crippen LogP contribution in [-0.4, -0.2) is 11.6 Å². The minimum absolute atomic E-state index is 0.438. The van der Waals surface area contributed by atoms with E-state index in [1.807, 2.05) is 26.0 Å². The molecule has 1 heterocycles. The fraction of sp³-hybridized carbons (Fsp3) is 0.353. The van der Waals surface area contributed by atoms with Crippen LogP contribution in [0, 0.1) is 13.8 Å². The number of hydrogen-bond donors (Lipinski definition) is 0. The standard InChI is InChI=1S/C17H20ClNO/c1-13-11-14(2)19-17(16(13)12-18)20-10-6-9-15-7-4-3-5-8-15/h3-5,7-8,11H,6,9-10,12H2,1-2H3. The third kappa shape index (κ3) is 3.97. The summed E-state index contributed by atoms with van der Waals surface area (Å²) in [6, 6.07) is 12.5. The highest BCUT2D eigenvalue weighted by atomic mass is 35.5. The van der Waals surface area contributed by atoms with Crippen molar-refractivity contribution in [3.05, 3.63) is 58.8 Å². The number of halogens is 1. The van der Waals surface area contributed by atoms with E-state index < -0.39 is 0 Å². The Labute approximate surface area is 125 Å². The van der Waals surface area contributed by atoms with Crippen LogP contribution in [0.15, 0.2) is 36.4 Å². The second-order valence-corrected chi connectivity index (χ2v) is 5.20. The van der Waals surface area contributed by atoms with Gasteiger partial charge in [0.05, 0.1) is 12.5 Å². The summed E-state index contributed by atoms with van der Waals surface area (Å²) in [5.74, 6) is 1.12. The maximum Gasteiger partial charge on any atom is 0.218 e. The zero-order chi connectivity index (χ0) is 14.4. The molecule has 0 amide bonds. The molecular formula is C17H20ClNO. The van der Waals surface area contributed by atoms with Crippen molar-refractivity contribution in [3.8, 4) is 5.88 Å². The molecule has 0 unspecified atom stereocenters. The molecule has 0 spiro atoms. The molecule has 0 fully saturated rings. The number of rotatable bonds is 6. The molecule has 0 aliphatic heterocycles. The Hall–Kier alpha value is -1.54. The lowest BCUT2D eigenvalue weighted by Gasteiger charge is -2.12. The van der Waals surface area contributed by atoms with Gasteiger partial charge in [0, 0.05) is 11.3 Å². The average molecular weight is 290 g/mol. The van der Waals surface area contributed by atoms with Gasteiger partial charge in [-0.3, -0.25) is 0 Å². The van der Waals surface area contributed by atoms with Gasteiger partial charge in [-0.1, -0.05) is 30.3 Å². The van der Waals surface area contributed by atoms with Crippen LogP contribution in [0.4, 0.5) is 0 Å². The van der Waals surface area contributed by atoms with Crippen LogP contribution in [0.3, 0.4) is 0 Å². The number of aryl methyl sites for hydroxylation is 3. The molecule has 106 valence electrons. The summed E-state index contributed by atoms with van der Waals surface area (Å²) in [6.07, 6.45) is 1.99. The summed E-state index contributed by atoms with van der Waals surface area (Å²) >= 11 is 5.98. The van der Waals surface area contributed by atoms with E-state index in [1.54, 1.807) is 0 Å². The molecule has 0 bridgehead atoms. The average Bonchev–Trinajstić information content (AvgIpc) is 2.44. The lowest BCUT2D eigenvalue weighted by atomic mass is 10.1. The van der Waals surface area contributed by atoms with Crippen molar-refractivity contribution >= 4 is 11.6 Å². The van der Waals surface area contributed by atoms with Gasteiger partial charge in [-0.05, 0) is 43.9 Å². The second-order valence-electron chi connectivity index (χ2n) is 4.94. The van der Waals surface area contributed by atoms with Gasteiger partial charge in [-0.15, -0.1) is 11.6 Å². The molecule has 0 radical (unpaired) electrons. The zero-order valence-corrected chi connectivity index (χ0v) is 12.8. The predicted molar refractivity (Wildman–Crippen MR) is 83.5 cm³/mol. The van der Waals surface area contributed by atoms with Crippen molar-refractivity contribution in [2.75, 3.05) is 6.61 Å². The van der Waals surface area contributed by atoms with Gasteiger partial charge < -0.3 is 4.74 Å². The maximum atomic E-state index is 5.98. The number of alkyl halides is 1. The van der Waals surface area contributed by atoms with Gasteiger partial charge in [-0.2, -0.15) is 0 Å². The Morgan fingerprint density at radius 1 is 1.15 bits per heavy atom. The molecule has 2 nitrogen and oxygen atoms in total. The van der Waals surface area contributed by atoms with Gasteiger partial charge in [0.25, 0.3) is 0 Å². The summed E-state index contributed by atoms with van der Waals surface area (Å²) in [6.45, 7) is 4.68. The van der Waals surface area contributed by atoms with E-state index in [0.29, 0.717) is 18.4 Å². The summed E-state index contributed by atoms with van der Waals surface area (Å²) in [4.78, 5) is 4.44. The lowest BCUT2D eigenvalue weighted by Crippen LogP contribution is -2.05. The molecular weight excluding hydrogens is 270 g/mol. The highest BCUT2D eigenvalue weighted by Gasteiger charge is 2.09. The van der Waals surface area contributed by atoms with Gasteiger partial charge in [0.2, 0.25) is 5.88 Å². The molecule has 20 heavy (non-hydrogen) atoms.